The van der Waals surface area contributed by atoms with Gasteiger partial charge >= 0.3 is 0 Å². The molecule has 5 heteroatoms. The average Bonchev–Trinajstić information content (AvgIpc) is 3.57. The lowest BCUT2D eigenvalue weighted by atomic mass is 9.82. The molecule has 0 spiro atoms. The molecule has 0 saturated heterocycles. The summed E-state index contributed by atoms with van der Waals surface area (Å²) in [5.74, 6) is 2.49. The van der Waals surface area contributed by atoms with Gasteiger partial charge in [0.15, 0.2) is 0 Å². The molecule has 48 heavy (non-hydrogen) atoms. The molecule has 242 valence electrons. The van der Waals surface area contributed by atoms with E-state index in [1.807, 2.05) is 12.3 Å². The predicted octanol–water partition coefficient (Wildman–Crippen LogP) is 11.4. The van der Waals surface area contributed by atoms with Crippen LogP contribution in [0.3, 0.4) is 0 Å². The van der Waals surface area contributed by atoms with Gasteiger partial charge in [0.05, 0.1) is 22.4 Å². The monoisotopic (exact) mass is 632 g/mol. The van der Waals surface area contributed by atoms with Gasteiger partial charge in [-0.2, -0.15) is 5.10 Å². The first-order valence-corrected chi connectivity index (χ1v) is 17.1. The van der Waals surface area contributed by atoms with E-state index in [-0.39, 0.29) is 5.41 Å². The average molecular weight is 633 g/mol. The number of hydrogen-bond acceptors (Lipinski definition) is 3. The summed E-state index contributed by atoms with van der Waals surface area (Å²) < 4.78 is 11.1. The Kier molecular flexibility index (Phi) is 8.16. The van der Waals surface area contributed by atoms with Gasteiger partial charge < -0.3 is 4.74 Å². The molecule has 3 heterocycles. The topological polar surface area (TPSA) is 44.9 Å². The second-order valence-corrected chi connectivity index (χ2v) is 13.7. The van der Waals surface area contributed by atoms with E-state index >= 15 is 0 Å². The van der Waals surface area contributed by atoms with Gasteiger partial charge in [-0.15, -0.1) is 0 Å². The fourth-order valence-electron chi connectivity index (χ4n) is 6.89. The number of aryl methyl sites for hydroxylation is 3. The third-order valence-electron chi connectivity index (χ3n) is 9.86. The molecule has 4 aromatic carbocycles. The fraction of sp³-hybridized carbons (Fsp3) is 0.256. The third kappa shape index (κ3) is 5.68. The highest BCUT2D eigenvalue weighted by molar-refractivity contribution is 6.09. The van der Waals surface area contributed by atoms with Crippen LogP contribution in [-0.2, 0) is 11.8 Å². The van der Waals surface area contributed by atoms with Crippen LogP contribution >= 0.6 is 0 Å². The van der Waals surface area contributed by atoms with Gasteiger partial charge in [0.1, 0.15) is 17.3 Å². The van der Waals surface area contributed by atoms with Crippen LogP contribution in [0, 0.1) is 20.8 Å². The minimum Gasteiger partial charge on any atom is -0.457 e. The summed E-state index contributed by atoms with van der Waals surface area (Å²) in [6.45, 7) is 15.4. The first kappa shape index (κ1) is 31.4. The Morgan fingerprint density at radius 2 is 1.56 bits per heavy atom. The zero-order valence-electron chi connectivity index (χ0n) is 29.1. The standard InChI is InChI=1S/C43H44N4O/c1-8-13-31-23-34(47-30(5)42(29(4)45-47)32-14-11-10-12-15-32)26-36(24-31)48-35-17-18-37-38-25-33(43(6,7)9-2)16-19-39(38)46(40(37)27-35)41-22-28(3)20-21-44-41/h10-12,14-27H,8-9,13H2,1-7H3. The van der Waals surface area contributed by atoms with Crippen molar-refractivity contribution in [1.29, 1.82) is 0 Å². The van der Waals surface area contributed by atoms with Crippen LogP contribution in [0.1, 0.15) is 68.6 Å². The van der Waals surface area contributed by atoms with E-state index in [9.17, 15) is 0 Å². The smallest absolute Gasteiger partial charge is 0.137 e. The van der Waals surface area contributed by atoms with E-state index in [0.717, 1.165) is 64.7 Å². The van der Waals surface area contributed by atoms with E-state index in [4.69, 9.17) is 14.8 Å². The highest BCUT2D eigenvalue weighted by Crippen LogP contribution is 2.39. The molecule has 0 aliphatic rings. The number of pyridine rings is 1. The van der Waals surface area contributed by atoms with Crippen molar-refractivity contribution >= 4 is 21.8 Å². The normalized spacial score (nSPS) is 11.9. The molecule has 7 aromatic rings. The minimum absolute atomic E-state index is 0.0851. The van der Waals surface area contributed by atoms with Crippen molar-refractivity contribution in [2.24, 2.45) is 0 Å². The van der Waals surface area contributed by atoms with Crippen molar-refractivity contribution in [2.45, 2.75) is 73.1 Å². The predicted molar refractivity (Wildman–Crippen MR) is 199 cm³/mol. The Balaban J connectivity index is 1.35. The van der Waals surface area contributed by atoms with Crippen LogP contribution in [0.15, 0.2) is 103 Å². The second kappa shape index (κ2) is 12.5. The summed E-state index contributed by atoms with van der Waals surface area (Å²) in [5.41, 5.74) is 11.5. The van der Waals surface area contributed by atoms with Crippen molar-refractivity contribution in [1.82, 2.24) is 19.3 Å². The highest BCUT2D eigenvalue weighted by atomic mass is 16.5. The van der Waals surface area contributed by atoms with Crippen molar-refractivity contribution < 1.29 is 4.74 Å². The molecule has 0 radical (unpaired) electrons. The maximum Gasteiger partial charge on any atom is 0.137 e. The van der Waals surface area contributed by atoms with Crippen LogP contribution in [-0.4, -0.2) is 19.3 Å². The Labute approximate surface area is 283 Å². The molecule has 0 fully saturated rings. The minimum atomic E-state index is 0.0851. The molecule has 3 aromatic heterocycles. The van der Waals surface area contributed by atoms with E-state index in [2.05, 4.69) is 149 Å². The first-order valence-electron chi connectivity index (χ1n) is 17.1. The van der Waals surface area contributed by atoms with E-state index < -0.39 is 0 Å². The van der Waals surface area contributed by atoms with Crippen LogP contribution in [0.4, 0.5) is 0 Å². The number of hydrogen-bond donors (Lipinski definition) is 0. The molecule has 0 atom stereocenters. The van der Waals surface area contributed by atoms with Crippen molar-refractivity contribution in [3.63, 3.8) is 0 Å². The maximum atomic E-state index is 6.73. The van der Waals surface area contributed by atoms with Gasteiger partial charge in [-0.3, -0.25) is 4.57 Å². The largest absolute Gasteiger partial charge is 0.457 e. The number of ether oxygens (including phenoxy) is 1. The number of fused-ring (bicyclic) bond motifs is 3. The lowest BCUT2D eigenvalue weighted by molar-refractivity contribution is 0.482. The van der Waals surface area contributed by atoms with Gasteiger partial charge in [-0.05, 0) is 110 Å². The molecule has 0 unspecified atom stereocenters. The molecule has 0 aliphatic heterocycles. The number of aromatic nitrogens is 4. The zero-order valence-corrected chi connectivity index (χ0v) is 29.1. The molecule has 5 nitrogen and oxygen atoms in total. The lowest BCUT2D eigenvalue weighted by Crippen LogP contribution is -2.15. The van der Waals surface area contributed by atoms with Gasteiger partial charge in [-0.25, -0.2) is 9.67 Å². The summed E-state index contributed by atoms with van der Waals surface area (Å²) in [5, 5.41) is 7.42. The number of benzene rings is 4. The summed E-state index contributed by atoms with van der Waals surface area (Å²) >= 11 is 0. The molecule has 0 aliphatic carbocycles. The third-order valence-corrected chi connectivity index (χ3v) is 9.86. The molecule has 0 saturated carbocycles. The summed E-state index contributed by atoms with van der Waals surface area (Å²) in [4.78, 5) is 4.81. The van der Waals surface area contributed by atoms with E-state index in [1.165, 1.54) is 38.6 Å². The number of nitrogens with zero attached hydrogens (tertiary/aromatic N) is 4. The molecule has 7 rings (SSSR count). The van der Waals surface area contributed by atoms with E-state index in [0.29, 0.717) is 0 Å². The van der Waals surface area contributed by atoms with Crippen LogP contribution in [0.2, 0.25) is 0 Å². The summed E-state index contributed by atoms with van der Waals surface area (Å²) in [7, 11) is 0. The van der Waals surface area contributed by atoms with Gasteiger partial charge in [0.2, 0.25) is 0 Å². The van der Waals surface area contributed by atoms with Crippen molar-refractivity contribution in [3.05, 3.63) is 131 Å². The SMILES string of the molecule is CCCc1cc(Oc2ccc3c4cc(C(C)(C)CC)ccc4n(-c4cc(C)ccn4)c3c2)cc(-n2nc(C)c(-c3ccccc3)c2C)c1. The van der Waals surface area contributed by atoms with Gasteiger partial charge in [-0.1, -0.05) is 70.5 Å². The first-order chi connectivity index (χ1) is 23.2. The molecular formula is C43H44N4O. The van der Waals surface area contributed by atoms with Crippen molar-refractivity contribution in [3.8, 4) is 34.1 Å². The molecule has 0 amide bonds. The lowest BCUT2D eigenvalue weighted by Gasteiger charge is -2.23. The second-order valence-electron chi connectivity index (χ2n) is 13.7. The fourth-order valence-corrected chi connectivity index (χ4v) is 6.89. The summed E-state index contributed by atoms with van der Waals surface area (Å²) in [6.07, 6.45) is 4.96. The van der Waals surface area contributed by atoms with Crippen LogP contribution < -0.4 is 4.74 Å². The molecular weight excluding hydrogens is 589 g/mol. The van der Waals surface area contributed by atoms with Crippen LogP contribution in [0.5, 0.6) is 11.5 Å². The Hall–Kier alpha value is -5.16. The van der Waals surface area contributed by atoms with Gasteiger partial charge in [0.25, 0.3) is 0 Å². The molecule has 0 bridgehead atoms. The Morgan fingerprint density at radius 1 is 0.750 bits per heavy atom. The van der Waals surface area contributed by atoms with Crippen molar-refractivity contribution in [2.75, 3.05) is 0 Å². The van der Waals surface area contributed by atoms with Crippen LogP contribution in [0.25, 0.3) is 44.4 Å². The quantitative estimate of drug-likeness (QED) is 0.159. The summed E-state index contributed by atoms with van der Waals surface area (Å²) in [6, 6.07) is 34.6. The van der Waals surface area contributed by atoms with E-state index in [1.54, 1.807) is 0 Å². The van der Waals surface area contributed by atoms with Gasteiger partial charge in [0, 0.05) is 40.4 Å². The maximum absolute atomic E-state index is 6.73. The Morgan fingerprint density at radius 3 is 2.31 bits per heavy atom. The highest BCUT2D eigenvalue weighted by Gasteiger charge is 2.22. The number of rotatable bonds is 9. The molecule has 0 N–H and O–H groups in total. The zero-order chi connectivity index (χ0) is 33.6. The Bertz CT molecular complexity index is 2270.